The Balaban J connectivity index is 1.98. The molecule has 0 amide bonds. The molecule has 0 aliphatic rings. The van der Waals surface area contributed by atoms with Crippen LogP contribution in [0.15, 0.2) is 30.6 Å². The first-order valence-electron chi connectivity index (χ1n) is 8.32. The molecule has 0 saturated carbocycles. The predicted molar refractivity (Wildman–Crippen MR) is 90.4 cm³/mol. The minimum absolute atomic E-state index is 0.631. The molecular formula is C18H28N4. The molecule has 120 valence electrons. The summed E-state index contributed by atoms with van der Waals surface area (Å²) < 4.78 is 0. The molecule has 0 fully saturated rings. The topological polar surface area (TPSA) is 44.8 Å². The third kappa shape index (κ3) is 5.60. The van der Waals surface area contributed by atoms with Gasteiger partial charge in [0.15, 0.2) is 0 Å². The first-order chi connectivity index (χ1) is 10.7. The molecule has 0 radical (unpaired) electrons. The van der Waals surface area contributed by atoms with Crippen LogP contribution in [0.5, 0.6) is 0 Å². The Morgan fingerprint density at radius 2 is 2.05 bits per heavy atom. The smallest absolute Gasteiger partial charge is 0.106 e. The summed E-state index contributed by atoms with van der Waals surface area (Å²) in [6.07, 6.45) is 7.28. The normalized spacial score (nSPS) is 11.5. The lowest BCUT2D eigenvalue weighted by Gasteiger charge is -2.23. The number of nitrogens with zero attached hydrogens (tertiary/aromatic N) is 3. The van der Waals surface area contributed by atoms with Crippen molar-refractivity contribution in [3.8, 4) is 0 Å². The maximum atomic E-state index is 4.50. The van der Waals surface area contributed by atoms with E-state index in [0.717, 1.165) is 37.6 Å². The van der Waals surface area contributed by atoms with Crippen LogP contribution in [0.3, 0.4) is 0 Å². The first-order valence-corrected chi connectivity index (χ1v) is 8.32. The Morgan fingerprint density at radius 1 is 1.18 bits per heavy atom. The second kappa shape index (κ2) is 8.69. The van der Waals surface area contributed by atoms with Gasteiger partial charge in [-0.3, -0.25) is 9.88 Å². The van der Waals surface area contributed by atoms with Gasteiger partial charge in [-0.25, -0.2) is 4.98 Å². The highest BCUT2D eigenvalue weighted by atomic mass is 15.1. The number of pyridine rings is 1. The highest BCUT2D eigenvalue weighted by Gasteiger charge is 2.11. The van der Waals surface area contributed by atoms with E-state index in [1.54, 1.807) is 0 Å². The van der Waals surface area contributed by atoms with Crippen LogP contribution in [0.1, 0.15) is 50.8 Å². The third-order valence-electron chi connectivity index (χ3n) is 3.58. The van der Waals surface area contributed by atoms with Crippen LogP contribution in [0.2, 0.25) is 0 Å². The van der Waals surface area contributed by atoms with Gasteiger partial charge >= 0.3 is 0 Å². The number of rotatable bonds is 9. The Hall–Kier alpha value is -1.68. The van der Waals surface area contributed by atoms with Crippen molar-refractivity contribution < 1.29 is 0 Å². The standard InChI is InChI=1S/C18H28N4/c1-4-5-9-18-20-11-17(21-18)14-22(12-15(2)3)13-16-8-6-7-10-19-16/h6-8,10-11,15H,4-5,9,12-14H2,1-3H3,(H,20,21). The van der Waals surface area contributed by atoms with E-state index in [4.69, 9.17) is 0 Å². The van der Waals surface area contributed by atoms with Gasteiger partial charge in [-0.1, -0.05) is 33.3 Å². The summed E-state index contributed by atoms with van der Waals surface area (Å²) in [4.78, 5) is 14.8. The van der Waals surface area contributed by atoms with Gasteiger partial charge in [-0.05, 0) is 24.5 Å². The molecule has 0 saturated heterocycles. The van der Waals surface area contributed by atoms with Gasteiger partial charge in [-0.15, -0.1) is 0 Å². The predicted octanol–water partition coefficient (Wildman–Crippen LogP) is 3.81. The zero-order valence-electron chi connectivity index (χ0n) is 14.0. The average Bonchev–Trinajstić information content (AvgIpc) is 2.93. The largest absolute Gasteiger partial charge is 0.345 e. The van der Waals surface area contributed by atoms with E-state index in [0.29, 0.717) is 5.92 Å². The van der Waals surface area contributed by atoms with Crippen LogP contribution in [0, 0.1) is 5.92 Å². The molecule has 0 bridgehead atoms. The van der Waals surface area contributed by atoms with Crippen LogP contribution in [-0.2, 0) is 19.5 Å². The van der Waals surface area contributed by atoms with Crippen LogP contribution in [-0.4, -0.2) is 26.4 Å². The van der Waals surface area contributed by atoms with Gasteiger partial charge in [0, 0.05) is 44.1 Å². The van der Waals surface area contributed by atoms with Crippen molar-refractivity contribution >= 4 is 0 Å². The van der Waals surface area contributed by atoms with Crippen LogP contribution >= 0.6 is 0 Å². The molecule has 2 rings (SSSR count). The molecule has 22 heavy (non-hydrogen) atoms. The summed E-state index contributed by atoms with van der Waals surface area (Å²) in [5.74, 6) is 1.74. The second-order valence-corrected chi connectivity index (χ2v) is 6.34. The lowest BCUT2D eigenvalue weighted by Crippen LogP contribution is -2.27. The Bertz CT molecular complexity index is 533. The molecule has 0 aliphatic heterocycles. The van der Waals surface area contributed by atoms with Crippen molar-refractivity contribution in [2.45, 2.75) is 53.1 Å². The van der Waals surface area contributed by atoms with Gasteiger partial charge in [0.1, 0.15) is 5.82 Å². The maximum absolute atomic E-state index is 4.50. The molecule has 0 spiro atoms. The summed E-state index contributed by atoms with van der Waals surface area (Å²) in [6, 6.07) is 6.10. The van der Waals surface area contributed by atoms with Crippen molar-refractivity contribution in [3.05, 3.63) is 47.8 Å². The van der Waals surface area contributed by atoms with Gasteiger partial charge in [-0.2, -0.15) is 0 Å². The summed E-state index contributed by atoms with van der Waals surface area (Å²) in [6.45, 7) is 9.55. The van der Waals surface area contributed by atoms with Crippen LogP contribution in [0.4, 0.5) is 0 Å². The number of nitrogens with one attached hydrogen (secondary N) is 1. The average molecular weight is 300 g/mol. The molecule has 1 N–H and O–H groups in total. The van der Waals surface area contributed by atoms with E-state index in [2.05, 4.69) is 52.8 Å². The molecule has 0 aliphatic carbocycles. The molecular weight excluding hydrogens is 272 g/mol. The van der Waals surface area contributed by atoms with E-state index < -0.39 is 0 Å². The Kier molecular flexibility index (Phi) is 6.59. The highest BCUT2D eigenvalue weighted by Crippen LogP contribution is 2.11. The van der Waals surface area contributed by atoms with Crippen molar-refractivity contribution in [1.82, 2.24) is 19.9 Å². The van der Waals surface area contributed by atoms with E-state index in [1.807, 2.05) is 18.5 Å². The van der Waals surface area contributed by atoms with Gasteiger partial charge in [0.05, 0.1) is 5.69 Å². The second-order valence-electron chi connectivity index (χ2n) is 6.34. The summed E-state index contributed by atoms with van der Waals surface area (Å²) in [5, 5.41) is 0. The number of H-pyrrole nitrogens is 1. The summed E-state index contributed by atoms with van der Waals surface area (Å²) in [7, 11) is 0. The molecule has 2 heterocycles. The van der Waals surface area contributed by atoms with Gasteiger partial charge in [0.2, 0.25) is 0 Å². The molecule has 2 aromatic rings. The van der Waals surface area contributed by atoms with Gasteiger partial charge in [0.25, 0.3) is 0 Å². The molecule has 0 aromatic carbocycles. The minimum atomic E-state index is 0.631. The van der Waals surface area contributed by atoms with E-state index in [9.17, 15) is 0 Å². The first kappa shape index (κ1) is 16.7. The minimum Gasteiger partial charge on any atom is -0.345 e. The van der Waals surface area contributed by atoms with E-state index in [1.165, 1.54) is 18.5 Å². The van der Waals surface area contributed by atoms with Gasteiger partial charge < -0.3 is 4.98 Å². The lowest BCUT2D eigenvalue weighted by molar-refractivity contribution is 0.223. The molecule has 4 heteroatoms. The van der Waals surface area contributed by atoms with Crippen LogP contribution in [0.25, 0.3) is 0 Å². The molecule has 4 nitrogen and oxygen atoms in total. The maximum Gasteiger partial charge on any atom is 0.106 e. The van der Waals surface area contributed by atoms with Crippen molar-refractivity contribution in [2.75, 3.05) is 6.54 Å². The quantitative estimate of drug-likeness (QED) is 0.766. The Labute approximate surface area is 134 Å². The van der Waals surface area contributed by atoms with E-state index >= 15 is 0 Å². The molecule has 0 unspecified atom stereocenters. The SMILES string of the molecule is CCCCc1ncc(CN(Cc2ccccn2)CC(C)C)[nH]1. The molecule has 2 aromatic heterocycles. The zero-order chi connectivity index (χ0) is 15.8. The summed E-state index contributed by atoms with van der Waals surface area (Å²) >= 11 is 0. The summed E-state index contributed by atoms with van der Waals surface area (Å²) in [5.41, 5.74) is 2.32. The van der Waals surface area contributed by atoms with Crippen molar-refractivity contribution in [2.24, 2.45) is 5.92 Å². The number of imidazole rings is 1. The fourth-order valence-electron chi connectivity index (χ4n) is 2.62. The number of hydrogen-bond acceptors (Lipinski definition) is 3. The van der Waals surface area contributed by atoms with Crippen molar-refractivity contribution in [1.29, 1.82) is 0 Å². The molecule has 0 atom stereocenters. The lowest BCUT2D eigenvalue weighted by atomic mass is 10.2. The fraction of sp³-hybridized carbons (Fsp3) is 0.556. The van der Waals surface area contributed by atoms with Crippen LogP contribution < -0.4 is 0 Å². The number of aromatic amines is 1. The van der Waals surface area contributed by atoms with E-state index in [-0.39, 0.29) is 0 Å². The fourth-order valence-corrected chi connectivity index (χ4v) is 2.62. The van der Waals surface area contributed by atoms with Crippen molar-refractivity contribution in [3.63, 3.8) is 0 Å². The third-order valence-corrected chi connectivity index (χ3v) is 3.58. The number of aromatic nitrogens is 3. The monoisotopic (exact) mass is 300 g/mol. The highest BCUT2D eigenvalue weighted by molar-refractivity contribution is 5.05. The zero-order valence-corrected chi connectivity index (χ0v) is 14.0. The number of aryl methyl sites for hydroxylation is 1. The number of unbranched alkanes of at least 4 members (excludes halogenated alkanes) is 1. The Morgan fingerprint density at radius 3 is 2.73 bits per heavy atom. The number of hydrogen-bond donors (Lipinski definition) is 1.